The van der Waals surface area contributed by atoms with Gasteiger partial charge in [0.05, 0.1) is 0 Å². The number of halogens is 1. The molecule has 3 rings (SSSR count). The molecule has 3 aliphatic rings. The second kappa shape index (κ2) is 9.00. The molecule has 27 heavy (non-hydrogen) atoms. The number of aliphatic imine (C=N–C) groups is 1. The fraction of sp³-hybridized carbons (Fsp3) is 0.773. The molecule has 2 N–H and O–H groups in total. The Kier molecular flexibility index (Phi) is 6.91. The van der Waals surface area contributed by atoms with E-state index in [-0.39, 0.29) is 0 Å². The fourth-order valence-corrected chi connectivity index (χ4v) is 5.01. The smallest absolute Gasteiger partial charge is 0.191 e. The Hall–Kier alpha value is -1.00. The van der Waals surface area contributed by atoms with Crippen molar-refractivity contribution in [1.29, 1.82) is 0 Å². The maximum absolute atomic E-state index is 6.13. The molecule has 4 nitrogen and oxygen atoms in total. The van der Waals surface area contributed by atoms with E-state index >= 15 is 0 Å². The van der Waals surface area contributed by atoms with Crippen molar-refractivity contribution in [3.63, 3.8) is 0 Å². The standard InChI is InChI=1S/C22H37ClN4/c1-16(2)20(26-21-24-11-5-12-25-21)14-27-13-10-19(22(3,4)15-27)17-6-8-18(23)9-7-17/h6,8-9,16-17,19-20H,5,7,10-15H2,1-4H3,(H2,24,25,26)/t17?,19?,20-/m0/s1. The average molecular weight is 393 g/mol. The second-order valence-corrected chi connectivity index (χ2v) is 9.91. The summed E-state index contributed by atoms with van der Waals surface area (Å²) in [6, 6.07) is 0.429. The van der Waals surface area contributed by atoms with E-state index < -0.39 is 0 Å². The van der Waals surface area contributed by atoms with Crippen LogP contribution in [0.5, 0.6) is 0 Å². The van der Waals surface area contributed by atoms with Gasteiger partial charge in [0.2, 0.25) is 0 Å². The summed E-state index contributed by atoms with van der Waals surface area (Å²) < 4.78 is 0. The molecule has 0 aromatic rings. The Bertz CT molecular complexity index is 593. The summed E-state index contributed by atoms with van der Waals surface area (Å²) in [7, 11) is 0. The van der Waals surface area contributed by atoms with Crippen LogP contribution in [0.2, 0.25) is 0 Å². The van der Waals surface area contributed by atoms with Crippen molar-refractivity contribution in [2.45, 2.75) is 53.0 Å². The van der Waals surface area contributed by atoms with Crippen molar-refractivity contribution in [3.05, 3.63) is 23.3 Å². The maximum Gasteiger partial charge on any atom is 0.191 e. The van der Waals surface area contributed by atoms with Crippen molar-refractivity contribution < 1.29 is 0 Å². The van der Waals surface area contributed by atoms with E-state index in [9.17, 15) is 0 Å². The predicted molar refractivity (Wildman–Crippen MR) is 116 cm³/mol. The van der Waals surface area contributed by atoms with Crippen LogP contribution in [0.3, 0.4) is 0 Å². The molecule has 2 unspecified atom stereocenters. The van der Waals surface area contributed by atoms with Crippen LogP contribution in [0.1, 0.15) is 47.0 Å². The Morgan fingerprint density at radius 2 is 2.22 bits per heavy atom. The highest BCUT2D eigenvalue weighted by Gasteiger charge is 2.40. The number of hydrogen-bond donors (Lipinski definition) is 2. The van der Waals surface area contributed by atoms with Crippen molar-refractivity contribution in [3.8, 4) is 0 Å². The molecule has 2 heterocycles. The molecule has 3 atom stereocenters. The number of hydrogen-bond acceptors (Lipinski definition) is 4. The third kappa shape index (κ3) is 5.51. The van der Waals surface area contributed by atoms with Crippen LogP contribution >= 0.6 is 11.6 Å². The number of nitrogens with one attached hydrogen (secondary N) is 2. The van der Waals surface area contributed by atoms with Crippen molar-refractivity contribution in [2.24, 2.45) is 28.2 Å². The van der Waals surface area contributed by atoms with E-state index in [2.05, 4.69) is 66.4 Å². The second-order valence-electron chi connectivity index (χ2n) is 9.47. The summed E-state index contributed by atoms with van der Waals surface area (Å²) in [5.74, 6) is 2.92. The van der Waals surface area contributed by atoms with Gasteiger partial charge in [0.15, 0.2) is 5.96 Å². The minimum Gasteiger partial charge on any atom is -0.356 e. The summed E-state index contributed by atoms with van der Waals surface area (Å²) in [5.41, 5.74) is 0.313. The summed E-state index contributed by atoms with van der Waals surface area (Å²) in [4.78, 5) is 7.26. The average Bonchev–Trinajstić information content (AvgIpc) is 2.62. The maximum atomic E-state index is 6.13. The molecule has 2 aliphatic heterocycles. The molecular weight excluding hydrogens is 356 g/mol. The lowest BCUT2D eigenvalue weighted by Gasteiger charge is -2.48. The first-order valence-electron chi connectivity index (χ1n) is 10.7. The van der Waals surface area contributed by atoms with Crippen LogP contribution in [-0.4, -0.2) is 49.6 Å². The minimum atomic E-state index is 0.313. The van der Waals surface area contributed by atoms with Gasteiger partial charge >= 0.3 is 0 Å². The van der Waals surface area contributed by atoms with Crippen molar-refractivity contribution >= 4 is 17.6 Å². The van der Waals surface area contributed by atoms with Crippen LogP contribution < -0.4 is 10.6 Å². The highest BCUT2D eigenvalue weighted by Crippen LogP contribution is 2.43. The molecule has 0 radical (unpaired) electrons. The first kappa shape index (κ1) is 20.7. The summed E-state index contributed by atoms with van der Waals surface area (Å²) in [5, 5.41) is 7.98. The zero-order valence-electron chi connectivity index (χ0n) is 17.5. The highest BCUT2D eigenvalue weighted by atomic mass is 35.5. The van der Waals surface area contributed by atoms with Gasteiger partial charge in [0.1, 0.15) is 0 Å². The van der Waals surface area contributed by atoms with Gasteiger partial charge in [-0.1, -0.05) is 51.4 Å². The molecule has 0 bridgehead atoms. The summed E-state index contributed by atoms with van der Waals surface area (Å²) in [6.07, 6.45) is 10.1. The van der Waals surface area contributed by atoms with Gasteiger partial charge in [-0.15, -0.1) is 0 Å². The van der Waals surface area contributed by atoms with Crippen LogP contribution in [-0.2, 0) is 0 Å². The molecule has 0 aromatic carbocycles. The van der Waals surface area contributed by atoms with Crippen molar-refractivity contribution in [1.82, 2.24) is 15.5 Å². The largest absolute Gasteiger partial charge is 0.356 e. The topological polar surface area (TPSA) is 39.7 Å². The molecule has 0 spiro atoms. The van der Waals surface area contributed by atoms with Crippen LogP contribution in [0, 0.1) is 23.2 Å². The molecule has 0 amide bonds. The molecule has 152 valence electrons. The van der Waals surface area contributed by atoms with Crippen LogP contribution in [0.15, 0.2) is 28.3 Å². The molecule has 0 aromatic heterocycles. The number of allylic oxidation sites excluding steroid dienone is 4. The van der Waals surface area contributed by atoms with Gasteiger partial charge in [0, 0.05) is 37.3 Å². The first-order chi connectivity index (χ1) is 12.8. The lowest BCUT2D eigenvalue weighted by Crippen LogP contribution is -2.55. The molecule has 1 aliphatic carbocycles. The Morgan fingerprint density at radius 1 is 1.41 bits per heavy atom. The van der Waals surface area contributed by atoms with Gasteiger partial charge < -0.3 is 15.5 Å². The van der Waals surface area contributed by atoms with E-state index in [1.165, 1.54) is 13.0 Å². The molecular formula is C22H37ClN4. The van der Waals surface area contributed by atoms with E-state index in [4.69, 9.17) is 11.6 Å². The molecule has 1 fully saturated rings. The number of guanidine groups is 1. The minimum absolute atomic E-state index is 0.313. The van der Waals surface area contributed by atoms with Gasteiger partial charge in [-0.3, -0.25) is 4.99 Å². The van der Waals surface area contributed by atoms with Crippen LogP contribution in [0.25, 0.3) is 0 Å². The monoisotopic (exact) mass is 392 g/mol. The summed E-state index contributed by atoms with van der Waals surface area (Å²) in [6.45, 7) is 14.9. The number of likely N-dealkylation sites (tertiary alicyclic amines) is 1. The van der Waals surface area contributed by atoms with Crippen molar-refractivity contribution in [2.75, 3.05) is 32.7 Å². The first-order valence-corrected chi connectivity index (χ1v) is 11.0. The lowest BCUT2D eigenvalue weighted by atomic mass is 9.66. The van der Waals surface area contributed by atoms with E-state index in [0.29, 0.717) is 23.3 Å². The number of piperidine rings is 1. The SMILES string of the molecule is CC(C)[C@H](CN1CCC(C2C=CC(Cl)=CC2)C(C)(C)C1)NC1=NCCCN1. The Morgan fingerprint density at radius 3 is 2.81 bits per heavy atom. The Balaban J connectivity index is 1.58. The normalized spacial score (nSPS) is 29.7. The predicted octanol–water partition coefficient (Wildman–Crippen LogP) is 4.00. The molecule has 5 heteroatoms. The van der Waals surface area contributed by atoms with Gasteiger partial charge in [-0.2, -0.15) is 0 Å². The van der Waals surface area contributed by atoms with Gasteiger partial charge in [-0.25, -0.2) is 0 Å². The van der Waals surface area contributed by atoms with E-state index in [1.54, 1.807) is 0 Å². The van der Waals surface area contributed by atoms with E-state index in [1.807, 2.05) is 0 Å². The zero-order valence-corrected chi connectivity index (χ0v) is 18.2. The summed E-state index contributed by atoms with van der Waals surface area (Å²) >= 11 is 6.13. The zero-order chi connectivity index (χ0) is 19.4. The highest BCUT2D eigenvalue weighted by molar-refractivity contribution is 6.31. The van der Waals surface area contributed by atoms with Crippen LogP contribution in [0.4, 0.5) is 0 Å². The Labute approximate surface area is 170 Å². The van der Waals surface area contributed by atoms with Gasteiger partial charge in [-0.05, 0) is 55.1 Å². The quantitative estimate of drug-likeness (QED) is 0.742. The lowest BCUT2D eigenvalue weighted by molar-refractivity contribution is 0.0264. The van der Waals surface area contributed by atoms with E-state index in [0.717, 1.165) is 55.9 Å². The number of rotatable bonds is 5. The molecule has 0 saturated carbocycles. The number of nitrogens with zero attached hydrogens (tertiary/aromatic N) is 2. The third-order valence-corrected chi connectivity index (χ3v) is 6.75. The van der Waals surface area contributed by atoms with Gasteiger partial charge in [0.25, 0.3) is 0 Å². The molecule has 1 saturated heterocycles. The fourth-order valence-electron chi connectivity index (χ4n) is 4.85. The third-order valence-electron chi connectivity index (χ3n) is 6.47.